The predicted octanol–water partition coefficient (Wildman–Crippen LogP) is 1.93. The van der Waals surface area contributed by atoms with Crippen LogP contribution in [0.3, 0.4) is 0 Å². The van der Waals surface area contributed by atoms with Crippen molar-refractivity contribution in [3.8, 4) is 5.75 Å². The van der Waals surface area contributed by atoms with Gasteiger partial charge in [-0.2, -0.15) is 0 Å². The number of benzene rings is 3. The highest BCUT2D eigenvalue weighted by Crippen LogP contribution is 2.21. The molecule has 0 aliphatic carbocycles. The third kappa shape index (κ3) is 4.32. The Hall–Kier alpha value is -3.54. The third-order valence-corrected chi connectivity index (χ3v) is 5.16. The molecule has 0 radical (unpaired) electrons. The number of carbonyl (C=O) groups excluding carboxylic acids is 2. The number of hydrogen-bond acceptors (Lipinski definition) is 5. The SMILES string of the molecule is O=C([O-])c1cccc(N2CCN(C(=O)COc3ccc4ccccc4c3)CC2)c1. The van der Waals surface area contributed by atoms with Crippen LogP contribution < -0.4 is 14.7 Å². The van der Waals surface area contributed by atoms with E-state index in [4.69, 9.17) is 4.74 Å². The maximum atomic E-state index is 12.5. The summed E-state index contributed by atoms with van der Waals surface area (Å²) in [5.41, 5.74) is 0.982. The summed E-state index contributed by atoms with van der Waals surface area (Å²) in [7, 11) is 0. The Balaban J connectivity index is 1.31. The number of rotatable bonds is 5. The molecule has 0 atom stereocenters. The van der Waals surface area contributed by atoms with Crippen molar-refractivity contribution >= 4 is 28.3 Å². The van der Waals surface area contributed by atoms with E-state index < -0.39 is 5.97 Å². The van der Waals surface area contributed by atoms with E-state index in [2.05, 4.69) is 4.90 Å². The van der Waals surface area contributed by atoms with Crippen LogP contribution in [0.2, 0.25) is 0 Å². The van der Waals surface area contributed by atoms with Gasteiger partial charge in [-0.15, -0.1) is 0 Å². The van der Waals surface area contributed by atoms with E-state index in [1.807, 2.05) is 48.5 Å². The molecule has 6 heteroatoms. The highest BCUT2D eigenvalue weighted by Gasteiger charge is 2.21. The van der Waals surface area contributed by atoms with Gasteiger partial charge in [0.25, 0.3) is 5.91 Å². The number of piperazine rings is 1. The van der Waals surface area contributed by atoms with Gasteiger partial charge in [-0.25, -0.2) is 0 Å². The van der Waals surface area contributed by atoms with Gasteiger partial charge >= 0.3 is 0 Å². The summed E-state index contributed by atoms with van der Waals surface area (Å²) in [5, 5.41) is 13.2. The summed E-state index contributed by atoms with van der Waals surface area (Å²) in [4.78, 5) is 27.4. The summed E-state index contributed by atoms with van der Waals surface area (Å²) in [6, 6.07) is 20.5. The number of hydrogen-bond donors (Lipinski definition) is 0. The number of amides is 1. The zero-order chi connectivity index (χ0) is 20.2. The molecule has 1 amide bonds. The van der Waals surface area contributed by atoms with Gasteiger partial charge in [-0.1, -0.05) is 42.5 Å². The number of carboxylic acid groups (broad SMARTS) is 1. The number of fused-ring (bicyclic) bond motifs is 1. The molecule has 0 aromatic heterocycles. The van der Waals surface area contributed by atoms with Crippen LogP contribution in [0.5, 0.6) is 5.75 Å². The van der Waals surface area contributed by atoms with Gasteiger partial charge in [0.05, 0.1) is 5.97 Å². The van der Waals surface area contributed by atoms with Crippen LogP contribution in [-0.2, 0) is 4.79 Å². The fourth-order valence-electron chi connectivity index (χ4n) is 3.54. The van der Waals surface area contributed by atoms with Crippen LogP contribution in [-0.4, -0.2) is 49.6 Å². The van der Waals surface area contributed by atoms with Crippen molar-refractivity contribution in [3.63, 3.8) is 0 Å². The first-order chi connectivity index (χ1) is 14.1. The average Bonchev–Trinajstić information content (AvgIpc) is 2.77. The summed E-state index contributed by atoms with van der Waals surface area (Å²) in [6.07, 6.45) is 0. The molecule has 148 valence electrons. The summed E-state index contributed by atoms with van der Waals surface area (Å²) < 4.78 is 5.71. The first kappa shape index (κ1) is 18.8. The van der Waals surface area contributed by atoms with E-state index in [1.54, 1.807) is 17.0 Å². The fraction of sp³-hybridized carbons (Fsp3) is 0.217. The number of ether oxygens (including phenoxy) is 1. The largest absolute Gasteiger partial charge is 0.545 e. The molecule has 0 spiro atoms. The minimum atomic E-state index is -1.19. The molecule has 29 heavy (non-hydrogen) atoms. The second-order valence-electron chi connectivity index (χ2n) is 7.00. The molecular weight excluding hydrogens is 368 g/mol. The minimum Gasteiger partial charge on any atom is -0.545 e. The molecule has 1 aliphatic heterocycles. The molecule has 1 saturated heterocycles. The molecule has 1 fully saturated rings. The maximum Gasteiger partial charge on any atom is 0.260 e. The Kier molecular flexibility index (Phi) is 5.33. The van der Waals surface area contributed by atoms with Gasteiger partial charge in [-0.3, -0.25) is 4.79 Å². The van der Waals surface area contributed by atoms with Crippen molar-refractivity contribution in [1.82, 2.24) is 4.90 Å². The van der Waals surface area contributed by atoms with Crippen LogP contribution in [0, 0.1) is 0 Å². The highest BCUT2D eigenvalue weighted by atomic mass is 16.5. The lowest BCUT2D eigenvalue weighted by molar-refractivity contribution is -0.255. The number of nitrogens with zero attached hydrogens (tertiary/aromatic N) is 2. The topological polar surface area (TPSA) is 72.9 Å². The molecule has 0 bridgehead atoms. The lowest BCUT2D eigenvalue weighted by atomic mass is 10.1. The van der Waals surface area contributed by atoms with E-state index in [0.717, 1.165) is 16.5 Å². The van der Waals surface area contributed by atoms with Gasteiger partial charge in [0.15, 0.2) is 6.61 Å². The van der Waals surface area contributed by atoms with Crippen molar-refractivity contribution in [3.05, 3.63) is 72.3 Å². The maximum absolute atomic E-state index is 12.5. The Labute approximate surface area is 168 Å². The Morgan fingerprint density at radius 1 is 0.862 bits per heavy atom. The van der Waals surface area contributed by atoms with E-state index in [0.29, 0.717) is 31.9 Å². The minimum absolute atomic E-state index is 0.00148. The van der Waals surface area contributed by atoms with E-state index >= 15 is 0 Å². The monoisotopic (exact) mass is 389 g/mol. The number of aromatic carboxylic acids is 1. The fourth-order valence-corrected chi connectivity index (χ4v) is 3.54. The van der Waals surface area contributed by atoms with Gasteiger partial charge < -0.3 is 24.4 Å². The predicted molar refractivity (Wildman–Crippen MR) is 109 cm³/mol. The van der Waals surface area contributed by atoms with Crippen molar-refractivity contribution in [2.45, 2.75) is 0 Å². The molecular formula is C23H21N2O4-. The number of anilines is 1. The number of carbonyl (C=O) groups is 2. The first-order valence-corrected chi connectivity index (χ1v) is 9.56. The molecule has 3 aromatic carbocycles. The second-order valence-corrected chi connectivity index (χ2v) is 7.00. The van der Waals surface area contributed by atoms with Gasteiger partial charge in [0, 0.05) is 31.9 Å². The average molecular weight is 389 g/mol. The highest BCUT2D eigenvalue weighted by molar-refractivity contribution is 5.87. The van der Waals surface area contributed by atoms with Crippen molar-refractivity contribution in [2.24, 2.45) is 0 Å². The van der Waals surface area contributed by atoms with Gasteiger partial charge in [0.2, 0.25) is 0 Å². The van der Waals surface area contributed by atoms with Crippen LogP contribution >= 0.6 is 0 Å². The molecule has 1 aliphatic rings. The van der Waals surface area contributed by atoms with Crippen LogP contribution in [0.25, 0.3) is 10.8 Å². The zero-order valence-corrected chi connectivity index (χ0v) is 15.9. The molecule has 1 heterocycles. The van der Waals surface area contributed by atoms with Crippen LogP contribution in [0.1, 0.15) is 10.4 Å². The van der Waals surface area contributed by atoms with E-state index in [-0.39, 0.29) is 18.1 Å². The zero-order valence-electron chi connectivity index (χ0n) is 15.9. The van der Waals surface area contributed by atoms with E-state index in [1.165, 1.54) is 6.07 Å². The van der Waals surface area contributed by atoms with Crippen molar-refractivity contribution < 1.29 is 19.4 Å². The summed E-state index contributed by atoms with van der Waals surface area (Å²) in [6.45, 7) is 2.40. The quantitative estimate of drug-likeness (QED) is 0.667. The van der Waals surface area contributed by atoms with Crippen molar-refractivity contribution in [2.75, 3.05) is 37.7 Å². The molecule has 0 saturated carbocycles. The smallest absolute Gasteiger partial charge is 0.260 e. The van der Waals surface area contributed by atoms with Crippen molar-refractivity contribution in [1.29, 1.82) is 0 Å². The molecule has 4 rings (SSSR count). The third-order valence-electron chi connectivity index (χ3n) is 5.16. The summed E-state index contributed by atoms with van der Waals surface area (Å²) >= 11 is 0. The Bertz CT molecular complexity index is 1040. The molecule has 0 N–H and O–H groups in total. The molecule has 6 nitrogen and oxygen atoms in total. The lowest BCUT2D eigenvalue weighted by Crippen LogP contribution is -2.50. The molecule has 3 aromatic rings. The first-order valence-electron chi connectivity index (χ1n) is 9.56. The Morgan fingerprint density at radius 3 is 2.38 bits per heavy atom. The number of carboxylic acids is 1. The van der Waals surface area contributed by atoms with Crippen LogP contribution in [0.4, 0.5) is 5.69 Å². The Morgan fingerprint density at radius 2 is 1.62 bits per heavy atom. The second kappa shape index (κ2) is 8.22. The van der Waals surface area contributed by atoms with E-state index in [9.17, 15) is 14.7 Å². The van der Waals surface area contributed by atoms with Gasteiger partial charge in [0.1, 0.15) is 5.75 Å². The lowest BCUT2D eigenvalue weighted by Gasteiger charge is -2.36. The standard InChI is InChI=1S/C23H22N2O4/c26-22(16-29-21-9-8-17-4-1-2-5-18(17)15-21)25-12-10-24(11-13-25)20-7-3-6-19(14-20)23(27)28/h1-9,14-15H,10-13,16H2,(H,27,28)/p-1. The van der Waals surface area contributed by atoms with Gasteiger partial charge in [-0.05, 0) is 40.6 Å². The van der Waals surface area contributed by atoms with Crippen LogP contribution in [0.15, 0.2) is 66.7 Å². The normalized spacial score (nSPS) is 14.1. The molecule has 0 unspecified atom stereocenters. The summed E-state index contributed by atoms with van der Waals surface area (Å²) in [5.74, 6) is -0.567.